The lowest BCUT2D eigenvalue weighted by molar-refractivity contribution is -0.166. The Morgan fingerprint density at radius 3 is 2.31 bits per heavy atom. The second-order valence-corrected chi connectivity index (χ2v) is 9.57. The zero-order valence-electron chi connectivity index (χ0n) is 19.6. The molecule has 1 unspecified atom stereocenters. The SMILES string of the molecule is COC(=O)C1(C(=O)O)Cc2c(C)nc(OCCN(C(=O)OC(C)(C)C)C3CC3)c(C)c2C1. The van der Waals surface area contributed by atoms with Crippen molar-refractivity contribution in [1.82, 2.24) is 9.88 Å². The van der Waals surface area contributed by atoms with Crippen LogP contribution < -0.4 is 4.74 Å². The van der Waals surface area contributed by atoms with E-state index in [0.717, 1.165) is 24.0 Å². The van der Waals surface area contributed by atoms with Crippen molar-refractivity contribution in [3.8, 4) is 5.88 Å². The lowest BCUT2D eigenvalue weighted by Gasteiger charge is -2.27. The van der Waals surface area contributed by atoms with Crippen molar-refractivity contribution in [2.75, 3.05) is 20.3 Å². The highest BCUT2D eigenvalue weighted by Gasteiger charge is 2.53. The van der Waals surface area contributed by atoms with Gasteiger partial charge in [-0.2, -0.15) is 0 Å². The molecule has 1 aromatic heterocycles. The molecule has 32 heavy (non-hydrogen) atoms. The van der Waals surface area contributed by atoms with Gasteiger partial charge in [-0.3, -0.25) is 9.59 Å². The summed E-state index contributed by atoms with van der Waals surface area (Å²) in [6, 6.07) is 0.167. The summed E-state index contributed by atoms with van der Waals surface area (Å²) in [6.45, 7) is 9.66. The molecule has 1 saturated carbocycles. The number of carboxylic acid groups (broad SMARTS) is 1. The molecular weight excluding hydrogens is 416 g/mol. The van der Waals surface area contributed by atoms with E-state index in [1.807, 2.05) is 27.7 Å². The van der Waals surface area contributed by atoms with Crippen LogP contribution >= 0.6 is 0 Å². The highest BCUT2D eigenvalue weighted by atomic mass is 16.6. The van der Waals surface area contributed by atoms with Gasteiger partial charge in [-0.15, -0.1) is 0 Å². The fourth-order valence-electron chi connectivity index (χ4n) is 4.11. The number of carbonyl (C=O) groups excluding carboxylic acids is 2. The number of hydrogen-bond donors (Lipinski definition) is 1. The van der Waals surface area contributed by atoms with Crippen molar-refractivity contribution in [2.24, 2.45) is 5.41 Å². The summed E-state index contributed by atoms with van der Waals surface area (Å²) in [5.74, 6) is -1.59. The van der Waals surface area contributed by atoms with Crippen LogP contribution in [0.2, 0.25) is 0 Å². The van der Waals surface area contributed by atoms with Gasteiger partial charge < -0.3 is 24.2 Å². The van der Waals surface area contributed by atoms with Crippen LogP contribution in [0, 0.1) is 19.3 Å². The Morgan fingerprint density at radius 1 is 1.16 bits per heavy atom. The normalized spacial score (nSPS) is 19.8. The van der Waals surface area contributed by atoms with Crippen molar-refractivity contribution in [1.29, 1.82) is 0 Å². The van der Waals surface area contributed by atoms with Crippen molar-refractivity contribution >= 4 is 18.0 Å². The average Bonchev–Trinajstić information content (AvgIpc) is 3.44. The molecule has 9 heteroatoms. The van der Waals surface area contributed by atoms with E-state index >= 15 is 0 Å². The smallest absolute Gasteiger partial charge is 0.410 e. The van der Waals surface area contributed by atoms with Gasteiger partial charge >= 0.3 is 18.0 Å². The fourth-order valence-corrected chi connectivity index (χ4v) is 4.11. The van der Waals surface area contributed by atoms with Gasteiger partial charge in [0.2, 0.25) is 5.88 Å². The number of pyridine rings is 1. The van der Waals surface area contributed by atoms with Gasteiger partial charge in [0.05, 0.1) is 13.7 Å². The van der Waals surface area contributed by atoms with Gasteiger partial charge in [-0.05, 0) is 58.6 Å². The topological polar surface area (TPSA) is 115 Å². The van der Waals surface area contributed by atoms with Crippen LogP contribution in [-0.2, 0) is 31.9 Å². The van der Waals surface area contributed by atoms with E-state index in [4.69, 9.17) is 14.2 Å². The number of hydrogen-bond acceptors (Lipinski definition) is 7. The Balaban J connectivity index is 1.74. The molecule has 176 valence electrons. The monoisotopic (exact) mass is 448 g/mol. The number of carbonyl (C=O) groups is 3. The number of amides is 1. The molecular formula is C23H32N2O7. The van der Waals surface area contributed by atoms with Crippen LogP contribution in [0.25, 0.3) is 0 Å². The molecule has 0 aliphatic heterocycles. The van der Waals surface area contributed by atoms with Crippen molar-refractivity contribution in [3.05, 3.63) is 22.4 Å². The number of ether oxygens (including phenoxy) is 3. The highest BCUT2D eigenvalue weighted by molar-refractivity contribution is 6.00. The van der Waals surface area contributed by atoms with Gasteiger partial charge in [-0.1, -0.05) is 0 Å². The first-order chi connectivity index (χ1) is 14.9. The number of fused-ring (bicyclic) bond motifs is 1. The standard InChI is InChI=1S/C23H32N2O7/c1-13-16-11-23(19(26)27,20(28)30-6)12-17(16)14(2)24-18(13)31-10-9-25(15-7-8-15)21(29)32-22(3,4)5/h15H,7-12H2,1-6H3,(H,26,27). The number of methoxy groups -OCH3 is 1. The second-order valence-electron chi connectivity index (χ2n) is 9.57. The molecule has 0 saturated heterocycles. The number of aromatic nitrogens is 1. The zero-order valence-corrected chi connectivity index (χ0v) is 19.6. The lowest BCUT2D eigenvalue weighted by Crippen LogP contribution is -2.41. The van der Waals surface area contributed by atoms with Gasteiger partial charge in [-0.25, -0.2) is 9.78 Å². The van der Waals surface area contributed by atoms with Crippen LogP contribution in [0.4, 0.5) is 4.79 Å². The second kappa shape index (κ2) is 8.60. The Hall–Kier alpha value is -2.84. The molecule has 1 aromatic rings. The molecule has 2 aliphatic rings. The molecule has 1 atom stereocenters. The average molecular weight is 449 g/mol. The van der Waals surface area contributed by atoms with E-state index in [1.54, 1.807) is 11.8 Å². The molecule has 1 fully saturated rings. The summed E-state index contributed by atoms with van der Waals surface area (Å²) in [4.78, 5) is 43.0. The minimum absolute atomic E-state index is 0.0298. The first kappa shape index (κ1) is 23.8. The van der Waals surface area contributed by atoms with Crippen LogP contribution in [0.5, 0.6) is 5.88 Å². The Bertz CT molecular complexity index is 933. The molecule has 3 rings (SSSR count). The van der Waals surface area contributed by atoms with Crippen LogP contribution in [-0.4, -0.2) is 64.9 Å². The van der Waals surface area contributed by atoms with Gasteiger partial charge in [0.25, 0.3) is 0 Å². The number of nitrogens with zero attached hydrogens (tertiary/aromatic N) is 2. The quantitative estimate of drug-likeness (QED) is 0.500. The van der Waals surface area contributed by atoms with E-state index < -0.39 is 23.0 Å². The third-order valence-electron chi connectivity index (χ3n) is 5.97. The minimum Gasteiger partial charge on any atom is -0.480 e. The number of aryl methyl sites for hydroxylation is 1. The fraction of sp³-hybridized carbons (Fsp3) is 0.652. The highest BCUT2D eigenvalue weighted by Crippen LogP contribution is 2.43. The van der Waals surface area contributed by atoms with Crippen LogP contribution in [0.1, 0.15) is 56.0 Å². The molecule has 2 aliphatic carbocycles. The number of rotatable bonds is 7. The molecule has 1 heterocycles. The van der Waals surface area contributed by atoms with E-state index in [9.17, 15) is 19.5 Å². The first-order valence-electron chi connectivity index (χ1n) is 10.8. The molecule has 0 radical (unpaired) electrons. The van der Waals surface area contributed by atoms with E-state index in [1.165, 1.54) is 7.11 Å². The molecule has 1 amide bonds. The summed E-state index contributed by atoms with van der Waals surface area (Å²) < 4.78 is 16.2. The van der Waals surface area contributed by atoms with Crippen LogP contribution in [0.15, 0.2) is 0 Å². The van der Waals surface area contributed by atoms with Crippen molar-refractivity contribution in [3.63, 3.8) is 0 Å². The zero-order chi connectivity index (χ0) is 23.8. The maximum absolute atomic E-state index is 12.5. The maximum atomic E-state index is 12.5. The van der Waals surface area contributed by atoms with Gasteiger partial charge in [0.15, 0.2) is 5.41 Å². The first-order valence-corrected chi connectivity index (χ1v) is 10.8. The summed E-state index contributed by atoms with van der Waals surface area (Å²) >= 11 is 0. The molecule has 9 nitrogen and oxygen atoms in total. The Kier molecular flexibility index (Phi) is 6.40. The largest absolute Gasteiger partial charge is 0.480 e. The predicted octanol–water partition coefficient (Wildman–Crippen LogP) is 2.82. The predicted molar refractivity (Wildman–Crippen MR) is 115 cm³/mol. The lowest BCUT2D eigenvalue weighted by atomic mass is 9.84. The van der Waals surface area contributed by atoms with Crippen molar-refractivity contribution < 1.29 is 33.7 Å². The summed E-state index contributed by atoms with van der Waals surface area (Å²) in [6.07, 6.45) is 1.60. The van der Waals surface area contributed by atoms with Gasteiger partial charge in [0.1, 0.15) is 12.2 Å². The van der Waals surface area contributed by atoms with E-state index in [2.05, 4.69) is 4.98 Å². The van der Waals surface area contributed by atoms with Crippen molar-refractivity contribution in [2.45, 2.75) is 71.9 Å². The van der Waals surface area contributed by atoms with E-state index in [0.29, 0.717) is 23.7 Å². The number of esters is 1. The third kappa shape index (κ3) is 4.66. The molecule has 0 bridgehead atoms. The number of aliphatic carboxylic acids is 1. The number of carboxylic acids is 1. The van der Waals surface area contributed by atoms with Crippen LogP contribution in [0.3, 0.4) is 0 Å². The third-order valence-corrected chi connectivity index (χ3v) is 5.97. The maximum Gasteiger partial charge on any atom is 0.410 e. The Labute approximate surface area is 188 Å². The Morgan fingerprint density at radius 2 is 1.78 bits per heavy atom. The summed E-state index contributed by atoms with van der Waals surface area (Å²) in [5.41, 5.74) is 0.609. The summed E-state index contributed by atoms with van der Waals surface area (Å²) in [5, 5.41) is 9.78. The molecule has 0 aromatic carbocycles. The minimum atomic E-state index is -1.65. The molecule has 1 N–H and O–H groups in total. The summed E-state index contributed by atoms with van der Waals surface area (Å²) in [7, 11) is 1.19. The molecule has 0 spiro atoms. The van der Waals surface area contributed by atoms with E-state index in [-0.39, 0.29) is 31.6 Å². The van der Waals surface area contributed by atoms with Gasteiger partial charge in [0, 0.05) is 30.1 Å².